The number of rotatable bonds is 12. The molecule has 6 nitrogen and oxygen atoms in total. The van der Waals surface area contributed by atoms with E-state index < -0.39 is 0 Å². The lowest BCUT2D eigenvalue weighted by Crippen LogP contribution is -2.31. The van der Waals surface area contributed by atoms with E-state index in [2.05, 4.69) is 20.2 Å². The Morgan fingerprint density at radius 3 is 2.14 bits per heavy atom. The van der Waals surface area contributed by atoms with Crippen LogP contribution in [0, 0.1) is 0 Å². The van der Waals surface area contributed by atoms with Gasteiger partial charge in [-0.1, -0.05) is 0 Å². The second-order valence-electron chi connectivity index (χ2n) is 4.59. The van der Waals surface area contributed by atoms with Gasteiger partial charge in [0.15, 0.2) is 0 Å². The van der Waals surface area contributed by atoms with Crippen LogP contribution >= 0.6 is 0 Å². The minimum Gasteiger partial charge on any atom is -0.380 e. The van der Waals surface area contributed by atoms with E-state index in [0.717, 1.165) is 64.1 Å². The van der Waals surface area contributed by atoms with Crippen molar-refractivity contribution in [1.29, 1.82) is 0 Å². The van der Waals surface area contributed by atoms with Gasteiger partial charge in [0, 0.05) is 39.4 Å². The van der Waals surface area contributed by atoms with Gasteiger partial charge in [-0.3, -0.25) is 9.88 Å². The smallest absolute Gasteiger partial charge is 0.144 e. The van der Waals surface area contributed by atoms with Crippen molar-refractivity contribution in [3.05, 3.63) is 18.1 Å². The molecule has 0 fully saturated rings. The van der Waals surface area contributed by atoms with Crippen LogP contribution in [0.3, 0.4) is 0 Å². The van der Waals surface area contributed by atoms with Crippen molar-refractivity contribution in [3.8, 4) is 0 Å². The zero-order valence-electron chi connectivity index (χ0n) is 13.5. The van der Waals surface area contributed by atoms with Crippen LogP contribution in [0.1, 0.15) is 26.5 Å². The molecule has 0 aliphatic carbocycles. The summed E-state index contributed by atoms with van der Waals surface area (Å²) in [6.07, 6.45) is 3.61. The molecule has 0 radical (unpaired) electrons. The average Bonchev–Trinajstić information content (AvgIpc) is 2.50. The molecule has 120 valence electrons. The Morgan fingerprint density at radius 1 is 1.00 bits per heavy atom. The van der Waals surface area contributed by atoms with Crippen molar-refractivity contribution < 1.29 is 9.47 Å². The molecule has 6 heteroatoms. The number of nitrogens with zero attached hydrogens (tertiary/aromatic N) is 3. The van der Waals surface area contributed by atoms with Gasteiger partial charge in [0.2, 0.25) is 0 Å². The van der Waals surface area contributed by atoms with Crippen LogP contribution in [0.25, 0.3) is 0 Å². The minimum absolute atomic E-state index is 0.728. The van der Waals surface area contributed by atoms with Crippen molar-refractivity contribution in [2.45, 2.75) is 27.3 Å². The fraction of sp³-hybridized carbons (Fsp3) is 0.733. The van der Waals surface area contributed by atoms with Crippen molar-refractivity contribution in [3.63, 3.8) is 0 Å². The highest BCUT2D eigenvalue weighted by molar-refractivity contribution is 5.30. The third-order valence-electron chi connectivity index (χ3n) is 2.96. The molecule has 0 aliphatic rings. The second kappa shape index (κ2) is 11.4. The highest BCUT2D eigenvalue weighted by atomic mass is 16.5. The molecule has 0 amide bonds. The van der Waals surface area contributed by atoms with E-state index in [1.165, 1.54) is 0 Å². The predicted molar refractivity (Wildman–Crippen MR) is 84.5 cm³/mol. The Bertz CT molecular complexity index is 349. The summed E-state index contributed by atoms with van der Waals surface area (Å²) in [5.74, 6) is 0.816. The van der Waals surface area contributed by atoms with E-state index in [4.69, 9.17) is 9.47 Å². The maximum atomic E-state index is 5.43. The summed E-state index contributed by atoms with van der Waals surface area (Å²) in [4.78, 5) is 11.1. The lowest BCUT2D eigenvalue weighted by Gasteiger charge is -2.21. The molecule has 21 heavy (non-hydrogen) atoms. The summed E-state index contributed by atoms with van der Waals surface area (Å²) in [7, 11) is 0. The SMILES string of the molecule is CCNc1cnc(CN(CCOCC)CCOCC)cn1. The maximum absolute atomic E-state index is 5.43. The largest absolute Gasteiger partial charge is 0.380 e. The highest BCUT2D eigenvalue weighted by Crippen LogP contribution is 2.04. The quantitative estimate of drug-likeness (QED) is 0.593. The van der Waals surface area contributed by atoms with Crippen LogP contribution in [0.5, 0.6) is 0 Å². The molecule has 0 aromatic carbocycles. The molecule has 0 saturated carbocycles. The number of hydrogen-bond donors (Lipinski definition) is 1. The number of hydrogen-bond acceptors (Lipinski definition) is 6. The van der Waals surface area contributed by atoms with Gasteiger partial charge in [0.05, 0.1) is 31.3 Å². The number of ether oxygens (including phenoxy) is 2. The van der Waals surface area contributed by atoms with E-state index in [-0.39, 0.29) is 0 Å². The van der Waals surface area contributed by atoms with Gasteiger partial charge < -0.3 is 14.8 Å². The first-order valence-electron chi connectivity index (χ1n) is 7.72. The van der Waals surface area contributed by atoms with Crippen LogP contribution in [0.2, 0.25) is 0 Å². The zero-order chi connectivity index (χ0) is 15.3. The first-order chi connectivity index (χ1) is 10.3. The van der Waals surface area contributed by atoms with Gasteiger partial charge in [-0.05, 0) is 20.8 Å². The molecule has 0 saturated heterocycles. The van der Waals surface area contributed by atoms with E-state index in [0.29, 0.717) is 0 Å². The van der Waals surface area contributed by atoms with Crippen LogP contribution in [0.15, 0.2) is 12.4 Å². The molecule has 0 spiro atoms. The van der Waals surface area contributed by atoms with E-state index >= 15 is 0 Å². The topological polar surface area (TPSA) is 59.5 Å². The minimum atomic E-state index is 0.728. The fourth-order valence-electron chi connectivity index (χ4n) is 1.88. The van der Waals surface area contributed by atoms with Crippen molar-refractivity contribution in [2.24, 2.45) is 0 Å². The fourth-order valence-corrected chi connectivity index (χ4v) is 1.88. The maximum Gasteiger partial charge on any atom is 0.144 e. The normalized spacial score (nSPS) is 11.0. The average molecular weight is 296 g/mol. The Kier molecular flexibility index (Phi) is 9.69. The summed E-state index contributed by atoms with van der Waals surface area (Å²) >= 11 is 0. The summed E-state index contributed by atoms with van der Waals surface area (Å²) in [5, 5.41) is 3.14. The first-order valence-corrected chi connectivity index (χ1v) is 7.72. The molecular formula is C15H28N4O2. The Balaban J connectivity index is 2.48. The molecule has 0 atom stereocenters. The predicted octanol–water partition coefficient (Wildman–Crippen LogP) is 1.78. The molecule has 1 heterocycles. The zero-order valence-corrected chi connectivity index (χ0v) is 13.5. The standard InChI is InChI=1S/C15H28N4O2/c1-4-16-15-12-17-14(11-18-15)13-19(7-9-20-5-2)8-10-21-6-3/h11-12H,4-10,13H2,1-3H3,(H,16,18). The molecular weight excluding hydrogens is 268 g/mol. The second-order valence-corrected chi connectivity index (χ2v) is 4.59. The van der Waals surface area contributed by atoms with Gasteiger partial charge in [-0.15, -0.1) is 0 Å². The van der Waals surface area contributed by atoms with Crippen LogP contribution in [-0.2, 0) is 16.0 Å². The lowest BCUT2D eigenvalue weighted by molar-refractivity contribution is 0.0792. The van der Waals surface area contributed by atoms with Gasteiger partial charge in [-0.25, -0.2) is 4.98 Å². The van der Waals surface area contributed by atoms with E-state index in [9.17, 15) is 0 Å². The number of aromatic nitrogens is 2. The van der Waals surface area contributed by atoms with Gasteiger partial charge in [-0.2, -0.15) is 0 Å². The molecule has 1 aromatic heterocycles. The van der Waals surface area contributed by atoms with Crippen molar-refractivity contribution in [1.82, 2.24) is 14.9 Å². The lowest BCUT2D eigenvalue weighted by atomic mass is 10.3. The molecule has 1 aromatic rings. The highest BCUT2D eigenvalue weighted by Gasteiger charge is 2.07. The van der Waals surface area contributed by atoms with Gasteiger partial charge in [0.1, 0.15) is 5.82 Å². The van der Waals surface area contributed by atoms with Crippen molar-refractivity contribution >= 4 is 5.82 Å². The van der Waals surface area contributed by atoms with Crippen molar-refractivity contribution in [2.75, 3.05) is 51.4 Å². The monoisotopic (exact) mass is 296 g/mol. The Hall–Kier alpha value is -1.24. The number of nitrogens with one attached hydrogen (secondary N) is 1. The summed E-state index contributed by atoms with van der Waals surface area (Å²) in [5.41, 5.74) is 0.963. The third-order valence-corrected chi connectivity index (χ3v) is 2.96. The first kappa shape index (κ1) is 17.8. The summed E-state index contributed by atoms with van der Waals surface area (Å²) in [6, 6.07) is 0. The van der Waals surface area contributed by atoms with Crippen LogP contribution in [0.4, 0.5) is 5.82 Å². The third kappa shape index (κ3) is 7.94. The Morgan fingerprint density at radius 2 is 1.67 bits per heavy atom. The molecule has 1 rings (SSSR count). The molecule has 1 N–H and O–H groups in total. The molecule has 0 unspecified atom stereocenters. The number of anilines is 1. The van der Waals surface area contributed by atoms with E-state index in [1.807, 2.05) is 27.0 Å². The molecule has 0 aliphatic heterocycles. The summed E-state index contributed by atoms with van der Waals surface area (Å²) in [6.45, 7) is 12.4. The van der Waals surface area contributed by atoms with Crippen LogP contribution < -0.4 is 5.32 Å². The van der Waals surface area contributed by atoms with E-state index in [1.54, 1.807) is 6.20 Å². The van der Waals surface area contributed by atoms with Gasteiger partial charge in [0.25, 0.3) is 0 Å². The van der Waals surface area contributed by atoms with Crippen LogP contribution in [-0.4, -0.2) is 60.9 Å². The molecule has 0 bridgehead atoms. The Labute approximate surface area is 127 Å². The van der Waals surface area contributed by atoms with Gasteiger partial charge >= 0.3 is 0 Å². The summed E-state index contributed by atoms with van der Waals surface area (Å²) < 4.78 is 10.9.